The maximum absolute atomic E-state index is 14.1. The molecule has 4 aromatic rings. The first kappa shape index (κ1) is 22.5. The van der Waals surface area contributed by atoms with Crippen molar-refractivity contribution in [2.45, 2.75) is 18.6 Å². The number of rotatable bonds is 6. The molecule has 0 N–H and O–H groups in total. The Hall–Kier alpha value is -4.25. The topological polar surface area (TPSA) is 54.0 Å². The van der Waals surface area contributed by atoms with E-state index >= 15 is 0 Å². The number of Topliss-reactive ketones (excluding diaryl/α,β-unsaturated/α-hetero) is 1. The highest BCUT2D eigenvalue weighted by Gasteiger charge is 2.55. The fraction of sp³-hybridized carbons (Fsp3) is 0.167. The van der Waals surface area contributed by atoms with Gasteiger partial charge in [-0.2, -0.15) is 0 Å². The second kappa shape index (κ2) is 9.18. The molecule has 1 aliphatic heterocycles. The summed E-state index contributed by atoms with van der Waals surface area (Å²) >= 11 is 0. The lowest BCUT2D eigenvalue weighted by atomic mass is 9.75. The van der Waals surface area contributed by atoms with Gasteiger partial charge in [-0.15, -0.1) is 0 Å². The van der Waals surface area contributed by atoms with Crippen LogP contribution < -0.4 is 18.9 Å². The van der Waals surface area contributed by atoms with Crippen LogP contribution in [0.15, 0.2) is 97.1 Å². The van der Waals surface area contributed by atoms with Crippen molar-refractivity contribution in [3.63, 3.8) is 0 Å². The first-order valence-corrected chi connectivity index (χ1v) is 11.4. The highest BCUT2D eigenvalue weighted by Crippen LogP contribution is 2.47. The molecule has 2 unspecified atom stereocenters. The van der Waals surface area contributed by atoms with Gasteiger partial charge in [0.25, 0.3) is 0 Å². The SMILES string of the molecule is COc1ccc(OC2C(=O)c3ccc(OC)cc3OC2(c2ccccc2)c2ccccc2C)cc1. The van der Waals surface area contributed by atoms with E-state index in [1.54, 1.807) is 56.7 Å². The van der Waals surface area contributed by atoms with E-state index in [0.29, 0.717) is 28.6 Å². The summed E-state index contributed by atoms with van der Waals surface area (Å²) in [7, 11) is 3.20. The molecular formula is C30H26O5. The van der Waals surface area contributed by atoms with E-state index in [9.17, 15) is 4.79 Å². The number of methoxy groups -OCH3 is 2. The van der Waals surface area contributed by atoms with Crippen LogP contribution in [0.3, 0.4) is 0 Å². The lowest BCUT2D eigenvalue weighted by Crippen LogP contribution is -2.56. The van der Waals surface area contributed by atoms with E-state index in [2.05, 4.69) is 0 Å². The van der Waals surface area contributed by atoms with Crippen molar-refractivity contribution in [1.29, 1.82) is 0 Å². The third-order valence-corrected chi connectivity index (χ3v) is 6.39. The van der Waals surface area contributed by atoms with Gasteiger partial charge in [-0.1, -0.05) is 54.6 Å². The molecule has 5 heteroatoms. The van der Waals surface area contributed by atoms with Crippen molar-refractivity contribution >= 4 is 5.78 Å². The molecule has 35 heavy (non-hydrogen) atoms. The van der Waals surface area contributed by atoms with Crippen LogP contribution in [0, 0.1) is 6.92 Å². The first-order valence-electron chi connectivity index (χ1n) is 11.4. The van der Waals surface area contributed by atoms with Crippen molar-refractivity contribution in [3.05, 3.63) is 119 Å². The summed E-state index contributed by atoms with van der Waals surface area (Å²) in [6, 6.07) is 30.1. The molecule has 0 aromatic heterocycles. The lowest BCUT2D eigenvalue weighted by Gasteiger charge is -2.44. The number of hydrogen-bond acceptors (Lipinski definition) is 5. The van der Waals surface area contributed by atoms with Gasteiger partial charge >= 0.3 is 0 Å². The number of ketones is 1. The molecule has 0 fully saturated rings. The minimum Gasteiger partial charge on any atom is -0.497 e. The molecular weight excluding hydrogens is 440 g/mol. The summed E-state index contributed by atoms with van der Waals surface area (Å²) < 4.78 is 24.1. The molecule has 0 radical (unpaired) electrons. The van der Waals surface area contributed by atoms with Gasteiger partial charge in [-0.05, 0) is 48.9 Å². The number of carbonyl (C=O) groups is 1. The average molecular weight is 467 g/mol. The van der Waals surface area contributed by atoms with Crippen molar-refractivity contribution in [1.82, 2.24) is 0 Å². The van der Waals surface area contributed by atoms with E-state index in [-0.39, 0.29) is 5.78 Å². The highest BCUT2D eigenvalue weighted by molar-refractivity contribution is 6.04. The molecule has 5 rings (SSSR count). The molecule has 0 aliphatic carbocycles. The normalized spacial score (nSPS) is 18.8. The van der Waals surface area contributed by atoms with Crippen LogP contribution in [0.4, 0.5) is 0 Å². The Kier molecular flexibility index (Phi) is 5.91. The Labute approximate surface area is 204 Å². The summed E-state index contributed by atoms with van der Waals surface area (Å²) in [4.78, 5) is 14.1. The molecule has 0 amide bonds. The fourth-order valence-corrected chi connectivity index (χ4v) is 4.63. The summed E-state index contributed by atoms with van der Waals surface area (Å²) in [5, 5.41) is 0. The predicted molar refractivity (Wildman–Crippen MR) is 134 cm³/mol. The molecule has 1 aliphatic rings. The van der Waals surface area contributed by atoms with Crippen LogP contribution in [-0.2, 0) is 5.60 Å². The van der Waals surface area contributed by atoms with Gasteiger partial charge in [-0.25, -0.2) is 0 Å². The maximum atomic E-state index is 14.1. The zero-order chi connectivity index (χ0) is 24.4. The fourth-order valence-electron chi connectivity index (χ4n) is 4.63. The Morgan fingerprint density at radius 1 is 0.743 bits per heavy atom. The molecule has 0 saturated heterocycles. The Balaban J connectivity index is 1.77. The number of hydrogen-bond donors (Lipinski definition) is 0. The van der Waals surface area contributed by atoms with Gasteiger partial charge in [0, 0.05) is 17.2 Å². The standard InChI is InChI=1S/C30H26O5/c1-20-9-7-8-12-26(20)30(21-10-5-4-6-11-21)29(34-23-15-13-22(32-2)14-16-23)28(31)25-18-17-24(33-3)19-27(25)35-30/h4-19,29H,1-3H3. The van der Waals surface area contributed by atoms with E-state index in [4.69, 9.17) is 18.9 Å². The highest BCUT2D eigenvalue weighted by atomic mass is 16.6. The molecule has 176 valence electrons. The Morgan fingerprint density at radius 3 is 2.06 bits per heavy atom. The van der Waals surface area contributed by atoms with Crippen LogP contribution in [0.2, 0.25) is 0 Å². The van der Waals surface area contributed by atoms with Crippen LogP contribution in [-0.4, -0.2) is 26.1 Å². The van der Waals surface area contributed by atoms with E-state index in [1.165, 1.54) is 0 Å². The van der Waals surface area contributed by atoms with Gasteiger partial charge in [0.2, 0.25) is 17.5 Å². The second-order valence-electron chi connectivity index (χ2n) is 8.42. The van der Waals surface area contributed by atoms with Crippen molar-refractivity contribution in [2.24, 2.45) is 0 Å². The summed E-state index contributed by atoms with van der Waals surface area (Å²) in [5.74, 6) is 2.14. The zero-order valence-corrected chi connectivity index (χ0v) is 19.9. The number of ether oxygens (including phenoxy) is 4. The smallest absolute Gasteiger partial charge is 0.211 e. The number of aryl methyl sites for hydroxylation is 1. The van der Waals surface area contributed by atoms with Crippen molar-refractivity contribution in [2.75, 3.05) is 14.2 Å². The van der Waals surface area contributed by atoms with E-state index in [0.717, 1.165) is 16.7 Å². The average Bonchev–Trinajstić information content (AvgIpc) is 2.91. The third-order valence-electron chi connectivity index (χ3n) is 6.39. The molecule has 2 atom stereocenters. The van der Waals surface area contributed by atoms with Crippen molar-refractivity contribution < 1.29 is 23.7 Å². The minimum atomic E-state index is -1.23. The summed E-state index contributed by atoms with van der Waals surface area (Å²) in [6.45, 7) is 2.01. The molecule has 0 saturated carbocycles. The van der Waals surface area contributed by atoms with Gasteiger partial charge in [0.15, 0.2) is 0 Å². The predicted octanol–water partition coefficient (Wildman–Crippen LogP) is 5.98. The largest absolute Gasteiger partial charge is 0.497 e. The first-order chi connectivity index (χ1) is 17.1. The van der Waals surface area contributed by atoms with Crippen molar-refractivity contribution in [3.8, 4) is 23.0 Å². The second-order valence-corrected chi connectivity index (χ2v) is 8.42. The molecule has 0 bridgehead atoms. The van der Waals surface area contributed by atoms with Crippen LogP contribution in [0.5, 0.6) is 23.0 Å². The Bertz CT molecular complexity index is 1350. The van der Waals surface area contributed by atoms with E-state index < -0.39 is 11.7 Å². The molecule has 5 nitrogen and oxygen atoms in total. The maximum Gasteiger partial charge on any atom is 0.211 e. The quantitative estimate of drug-likeness (QED) is 0.350. The van der Waals surface area contributed by atoms with Crippen LogP contribution in [0.1, 0.15) is 27.0 Å². The third kappa shape index (κ3) is 3.89. The van der Waals surface area contributed by atoms with Gasteiger partial charge in [0.1, 0.15) is 23.0 Å². The van der Waals surface area contributed by atoms with Gasteiger partial charge in [-0.3, -0.25) is 4.79 Å². The van der Waals surface area contributed by atoms with E-state index in [1.807, 2.05) is 61.5 Å². The summed E-state index contributed by atoms with van der Waals surface area (Å²) in [6.07, 6.45) is -0.986. The molecule has 1 heterocycles. The van der Waals surface area contributed by atoms with Crippen LogP contribution in [0.25, 0.3) is 0 Å². The van der Waals surface area contributed by atoms with Gasteiger partial charge < -0.3 is 18.9 Å². The zero-order valence-electron chi connectivity index (χ0n) is 19.9. The molecule has 4 aromatic carbocycles. The number of fused-ring (bicyclic) bond motifs is 1. The van der Waals surface area contributed by atoms with Gasteiger partial charge in [0.05, 0.1) is 19.8 Å². The summed E-state index contributed by atoms with van der Waals surface area (Å²) in [5.41, 5.74) is 1.87. The monoisotopic (exact) mass is 466 g/mol. The minimum absolute atomic E-state index is 0.170. The number of carbonyl (C=O) groups excluding carboxylic acids is 1. The lowest BCUT2D eigenvalue weighted by molar-refractivity contribution is -0.0152. The van der Waals surface area contributed by atoms with Crippen LogP contribution >= 0.6 is 0 Å². The molecule has 0 spiro atoms. The number of benzene rings is 4. The Morgan fingerprint density at radius 2 is 1.37 bits per heavy atom.